The molecule has 0 amide bonds. The van der Waals surface area contributed by atoms with Crippen LogP contribution >= 0.6 is 11.3 Å². The first kappa shape index (κ1) is 28.3. The van der Waals surface area contributed by atoms with Gasteiger partial charge in [-0.05, 0) is 81.1 Å². The van der Waals surface area contributed by atoms with E-state index in [-0.39, 0.29) is 0 Å². The van der Waals surface area contributed by atoms with E-state index in [0.29, 0.717) is 0 Å². The van der Waals surface area contributed by atoms with Crippen molar-refractivity contribution < 1.29 is 0 Å². The smallest absolute Gasteiger partial charge is 0.0540 e. The number of fused-ring (bicyclic) bond motifs is 5. The summed E-state index contributed by atoms with van der Waals surface area (Å²) in [4.78, 5) is 2.41. The first-order chi connectivity index (χ1) is 23.8. The first-order valence-corrected chi connectivity index (χ1v) is 17.2. The molecule has 0 radical (unpaired) electrons. The Morgan fingerprint density at radius 2 is 0.896 bits per heavy atom. The predicted molar refractivity (Wildman–Crippen MR) is 208 cm³/mol. The standard InChI is InChI=1S/C46H31NS/c1-3-11-32(12-4-1)33-19-21-34(22-20-33)35-23-27-38(28-24-35)47(43-17-9-7-15-40(43)36-13-5-2-6-14-36)39-29-25-37-26-30-45-46(42(37)31-39)41-16-8-10-18-44(41)48-45/h1-31H. The quantitative estimate of drug-likeness (QED) is 0.177. The zero-order chi connectivity index (χ0) is 31.9. The number of rotatable bonds is 6. The largest absolute Gasteiger partial charge is 0.310 e. The summed E-state index contributed by atoms with van der Waals surface area (Å²) in [5.41, 5.74) is 10.6. The molecule has 0 aliphatic carbocycles. The van der Waals surface area contributed by atoms with Crippen LogP contribution in [0.4, 0.5) is 17.1 Å². The highest BCUT2D eigenvalue weighted by Gasteiger charge is 2.19. The molecule has 0 saturated heterocycles. The fourth-order valence-electron chi connectivity index (χ4n) is 6.92. The van der Waals surface area contributed by atoms with Crippen LogP contribution in [-0.2, 0) is 0 Å². The van der Waals surface area contributed by atoms with Crippen molar-refractivity contribution in [3.8, 4) is 33.4 Å². The van der Waals surface area contributed by atoms with Crippen LogP contribution in [0.5, 0.6) is 0 Å². The molecule has 0 unspecified atom stereocenters. The number of benzene rings is 8. The summed E-state index contributed by atoms with van der Waals surface area (Å²) in [6, 6.07) is 68.1. The van der Waals surface area contributed by atoms with Crippen molar-refractivity contribution in [2.24, 2.45) is 0 Å². The van der Waals surface area contributed by atoms with Crippen molar-refractivity contribution in [1.82, 2.24) is 0 Å². The van der Waals surface area contributed by atoms with E-state index in [2.05, 4.69) is 193 Å². The van der Waals surface area contributed by atoms with E-state index >= 15 is 0 Å². The Labute approximate surface area is 284 Å². The molecule has 0 atom stereocenters. The molecule has 9 rings (SSSR count). The summed E-state index contributed by atoms with van der Waals surface area (Å²) >= 11 is 1.87. The molecule has 48 heavy (non-hydrogen) atoms. The van der Waals surface area contributed by atoms with Crippen LogP contribution in [-0.4, -0.2) is 0 Å². The van der Waals surface area contributed by atoms with Crippen molar-refractivity contribution in [3.05, 3.63) is 188 Å². The maximum Gasteiger partial charge on any atom is 0.0540 e. The van der Waals surface area contributed by atoms with Crippen LogP contribution < -0.4 is 4.90 Å². The third kappa shape index (κ3) is 5.04. The molecule has 0 aliphatic rings. The van der Waals surface area contributed by atoms with E-state index in [0.717, 1.165) is 17.1 Å². The van der Waals surface area contributed by atoms with Gasteiger partial charge in [-0.25, -0.2) is 0 Å². The highest BCUT2D eigenvalue weighted by Crippen LogP contribution is 2.44. The van der Waals surface area contributed by atoms with Crippen molar-refractivity contribution in [3.63, 3.8) is 0 Å². The van der Waals surface area contributed by atoms with Gasteiger partial charge in [0.05, 0.1) is 5.69 Å². The lowest BCUT2D eigenvalue weighted by molar-refractivity contribution is 1.29. The Morgan fingerprint density at radius 1 is 0.354 bits per heavy atom. The second kappa shape index (κ2) is 12.0. The highest BCUT2D eigenvalue weighted by atomic mass is 32.1. The van der Waals surface area contributed by atoms with Gasteiger partial charge in [0, 0.05) is 37.1 Å². The predicted octanol–water partition coefficient (Wildman–Crippen LogP) is 13.7. The van der Waals surface area contributed by atoms with Gasteiger partial charge < -0.3 is 4.90 Å². The average Bonchev–Trinajstić information content (AvgIpc) is 3.56. The number of hydrogen-bond acceptors (Lipinski definition) is 2. The van der Waals surface area contributed by atoms with E-state index in [1.807, 2.05) is 11.3 Å². The summed E-state index contributed by atoms with van der Waals surface area (Å²) in [7, 11) is 0. The van der Waals surface area contributed by atoms with Crippen LogP contribution in [0, 0.1) is 0 Å². The molecule has 0 aliphatic heterocycles. The molecule has 0 N–H and O–H groups in total. The summed E-state index contributed by atoms with van der Waals surface area (Å²) in [5.74, 6) is 0. The Bertz CT molecular complexity index is 2530. The molecule has 1 aromatic heterocycles. The van der Waals surface area contributed by atoms with Crippen LogP contribution in [0.2, 0.25) is 0 Å². The number of anilines is 3. The molecule has 8 aromatic carbocycles. The molecular formula is C46H31NS. The summed E-state index contributed by atoms with van der Waals surface area (Å²) < 4.78 is 2.64. The zero-order valence-electron chi connectivity index (χ0n) is 26.3. The minimum Gasteiger partial charge on any atom is -0.310 e. The van der Waals surface area contributed by atoms with E-state index < -0.39 is 0 Å². The lowest BCUT2D eigenvalue weighted by Gasteiger charge is -2.28. The third-order valence-corrected chi connectivity index (χ3v) is 10.4. The molecule has 226 valence electrons. The Balaban J connectivity index is 1.19. The minimum absolute atomic E-state index is 1.12. The molecule has 9 aromatic rings. The van der Waals surface area contributed by atoms with E-state index in [1.54, 1.807) is 0 Å². The van der Waals surface area contributed by atoms with E-state index in [4.69, 9.17) is 0 Å². The molecule has 1 nitrogen and oxygen atoms in total. The molecule has 0 fully saturated rings. The van der Waals surface area contributed by atoms with E-state index in [9.17, 15) is 0 Å². The monoisotopic (exact) mass is 629 g/mol. The second-order valence-corrected chi connectivity index (χ2v) is 13.2. The minimum atomic E-state index is 1.12. The average molecular weight is 630 g/mol. The number of thiophene rings is 1. The second-order valence-electron chi connectivity index (χ2n) is 12.2. The van der Waals surface area contributed by atoms with Crippen molar-refractivity contribution in [2.45, 2.75) is 0 Å². The van der Waals surface area contributed by atoms with Gasteiger partial charge in [0.15, 0.2) is 0 Å². The topological polar surface area (TPSA) is 3.24 Å². The summed E-state index contributed by atoms with van der Waals surface area (Å²) in [5, 5.41) is 5.18. The Morgan fingerprint density at radius 3 is 1.62 bits per heavy atom. The van der Waals surface area contributed by atoms with Gasteiger partial charge in [-0.1, -0.05) is 146 Å². The van der Waals surface area contributed by atoms with E-state index in [1.165, 1.54) is 64.3 Å². The zero-order valence-corrected chi connectivity index (χ0v) is 27.1. The maximum absolute atomic E-state index is 2.41. The van der Waals surface area contributed by atoms with Gasteiger partial charge in [0.1, 0.15) is 0 Å². The number of para-hydroxylation sites is 1. The molecule has 0 spiro atoms. The van der Waals surface area contributed by atoms with Crippen molar-refractivity contribution in [1.29, 1.82) is 0 Å². The fourth-order valence-corrected chi connectivity index (χ4v) is 8.04. The number of hydrogen-bond donors (Lipinski definition) is 0. The Kier molecular flexibility index (Phi) is 7.07. The van der Waals surface area contributed by atoms with Crippen LogP contribution in [0.1, 0.15) is 0 Å². The molecule has 0 bridgehead atoms. The summed E-state index contributed by atoms with van der Waals surface area (Å²) in [6.07, 6.45) is 0. The fraction of sp³-hybridized carbons (Fsp3) is 0. The maximum atomic E-state index is 2.41. The number of nitrogens with zero attached hydrogens (tertiary/aromatic N) is 1. The van der Waals surface area contributed by atoms with Crippen LogP contribution in [0.3, 0.4) is 0 Å². The molecule has 0 saturated carbocycles. The van der Waals surface area contributed by atoms with Crippen molar-refractivity contribution >= 4 is 59.3 Å². The lowest BCUT2D eigenvalue weighted by atomic mass is 9.99. The van der Waals surface area contributed by atoms with Gasteiger partial charge in [-0.2, -0.15) is 0 Å². The highest BCUT2D eigenvalue weighted by molar-refractivity contribution is 7.26. The van der Waals surface area contributed by atoms with Crippen LogP contribution in [0.15, 0.2) is 188 Å². The first-order valence-electron chi connectivity index (χ1n) is 16.3. The van der Waals surface area contributed by atoms with Gasteiger partial charge in [0.25, 0.3) is 0 Å². The summed E-state index contributed by atoms with van der Waals surface area (Å²) in [6.45, 7) is 0. The SMILES string of the molecule is c1ccc(-c2ccc(-c3ccc(N(c4ccc5ccc6sc7ccccc7c6c5c4)c4ccccc4-c4ccccc4)cc3)cc2)cc1. The normalized spacial score (nSPS) is 11.3. The lowest BCUT2D eigenvalue weighted by Crippen LogP contribution is -2.11. The van der Waals surface area contributed by atoms with Gasteiger partial charge in [-0.3, -0.25) is 0 Å². The van der Waals surface area contributed by atoms with Gasteiger partial charge in [-0.15, -0.1) is 11.3 Å². The Hall–Kier alpha value is -5.96. The molecule has 1 heterocycles. The van der Waals surface area contributed by atoms with Crippen LogP contribution in [0.25, 0.3) is 64.3 Å². The molecule has 2 heteroatoms. The molecular weight excluding hydrogens is 599 g/mol. The van der Waals surface area contributed by atoms with Gasteiger partial charge >= 0.3 is 0 Å². The van der Waals surface area contributed by atoms with Gasteiger partial charge in [0.2, 0.25) is 0 Å². The third-order valence-electron chi connectivity index (χ3n) is 9.28. The van der Waals surface area contributed by atoms with Crippen molar-refractivity contribution in [2.75, 3.05) is 4.90 Å².